The lowest BCUT2D eigenvalue weighted by Crippen LogP contribution is -2.36. The van der Waals surface area contributed by atoms with Gasteiger partial charge in [-0.05, 0) is 29.8 Å². The number of carbonyl (C=O) groups excluding carboxylic acids is 2. The Morgan fingerprint density at radius 1 is 1.17 bits per heavy atom. The SMILES string of the molecule is COc1cccc(NC(=O)CN(Cc2ccc(F)cc2)C(C)=O)c1. The van der Waals surface area contributed by atoms with Crippen molar-refractivity contribution in [2.75, 3.05) is 19.0 Å². The number of rotatable bonds is 6. The fraction of sp³-hybridized carbons (Fsp3) is 0.222. The number of carbonyl (C=O) groups is 2. The second-order valence-corrected chi connectivity index (χ2v) is 5.28. The number of hydrogen-bond donors (Lipinski definition) is 1. The average molecular weight is 330 g/mol. The summed E-state index contributed by atoms with van der Waals surface area (Å²) in [6.07, 6.45) is 0. The van der Waals surface area contributed by atoms with Crippen LogP contribution in [0.4, 0.5) is 10.1 Å². The van der Waals surface area contributed by atoms with Gasteiger partial charge in [0.2, 0.25) is 11.8 Å². The summed E-state index contributed by atoms with van der Waals surface area (Å²) in [5, 5.41) is 2.72. The first kappa shape index (κ1) is 17.5. The summed E-state index contributed by atoms with van der Waals surface area (Å²) in [5.41, 5.74) is 1.34. The van der Waals surface area contributed by atoms with Crippen LogP contribution in [-0.2, 0) is 16.1 Å². The van der Waals surface area contributed by atoms with Crippen LogP contribution in [0.3, 0.4) is 0 Å². The second-order valence-electron chi connectivity index (χ2n) is 5.28. The first-order valence-corrected chi connectivity index (χ1v) is 7.42. The van der Waals surface area contributed by atoms with Gasteiger partial charge in [-0.3, -0.25) is 9.59 Å². The normalized spacial score (nSPS) is 10.1. The Kier molecular flexibility index (Phi) is 5.89. The van der Waals surface area contributed by atoms with E-state index in [9.17, 15) is 14.0 Å². The quantitative estimate of drug-likeness (QED) is 0.886. The summed E-state index contributed by atoms with van der Waals surface area (Å²) in [7, 11) is 1.54. The first-order valence-electron chi connectivity index (χ1n) is 7.42. The average Bonchev–Trinajstić information content (AvgIpc) is 2.56. The molecule has 1 N–H and O–H groups in total. The lowest BCUT2D eigenvalue weighted by Gasteiger charge is -2.20. The summed E-state index contributed by atoms with van der Waals surface area (Å²) in [5.74, 6) is -0.271. The van der Waals surface area contributed by atoms with E-state index in [1.165, 1.54) is 24.0 Å². The van der Waals surface area contributed by atoms with Crippen molar-refractivity contribution in [3.05, 3.63) is 59.9 Å². The third kappa shape index (κ3) is 5.08. The van der Waals surface area contributed by atoms with E-state index in [2.05, 4.69) is 5.32 Å². The summed E-state index contributed by atoms with van der Waals surface area (Å²) in [4.78, 5) is 25.3. The summed E-state index contributed by atoms with van der Waals surface area (Å²) < 4.78 is 18.0. The Morgan fingerprint density at radius 2 is 1.88 bits per heavy atom. The van der Waals surface area contributed by atoms with Gasteiger partial charge in [0.1, 0.15) is 18.1 Å². The van der Waals surface area contributed by atoms with E-state index >= 15 is 0 Å². The van der Waals surface area contributed by atoms with Crippen molar-refractivity contribution >= 4 is 17.5 Å². The number of nitrogens with zero attached hydrogens (tertiary/aromatic N) is 1. The molecule has 2 rings (SSSR count). The number of anilines is 1. The van der Waals surface area contributed by atoms with Crippen LogP contribution >= 0.6 is 0 Å². The van der Waals surface area contributed by atoms with Crippen molar-refractivity contribution < 1.29 is 18.7 Å². The van der Waals surface area contributed by atoms with Crippen LogP contribution in [-0.4, -0.2) is 30.4 Å². The van der Waals surface area contributed by atoms with Gasteiger partial charge in [0.25, 0.3) is 0 Å². The highest BCUT2D eigenvalue weighted by Gasteiger charge is 2.14. The lowest BCUT2D eigenvalue weighted by atomic mass is 10.2. The largest absolute Gasteiger partial charge is 0.497 e. The minimum absolute atomic E-state index is 0.0933. The monoisotopic (exact) mass is 330 g/mol. The van der Waals surface area contributed by atoms with Crippen LogP contribution in [0.25, 0.3) is 0 Å². The number of methoxy groups -OCH3 is 1. The fourth-order valence-electron chi connectivity index (χ4n) is 2.16. The maximum absolute atomic E-state index is 12.9. The Labute approximate surface area is 140 Å². The summed E-state index contributed by atoms with van der Waals surface area (Å²) >= 11 is 0. The van der Waals surface area contributed by atoms with Gasteiger partial charge in [0, 0.05) is 25.2 Å². The number of ether oxygens (including phenoxy) is 1. The van der Waals surface area contributed by atoms with E-state index in [4.69, 9.17) is 4.74 Å². The fourth-order valence-corrected chi connectivity index (χ4v) is 2.16. The smallest absolute Gasteiger partial charge is 0.244 e. The zero-order valence-corrected chi connectivity index (χ0v) is 13.6. The topological polar surface area (TPSA) is 58.6 Å². The predicted octanol–water partition coefficient (Wildman–Crippen LogP) is 2.82. The molecule has 24 heavy (non-hydrogen) atoms. The van der Waals surface area contributed by atoms with Gasteiger partial charge in [-0.1, -0.05) is 18.2 Å². The second kappa shape index (κ2) is 8.10. The van der Waals surface area contributed by atoms with Crippen molar-refractivity contribution in [3.63, 3.8) is 0 Å². The Balaban J connectivity index is 2.00. The number of nitrogens with one attached hydrogen (secondary N) is 1. The summed E-state index contributed by atoms with van der Waals surface area (Å²) in [6.45, 7) is 1.54. The molecule has 0 aliphatic carbocycles. The molecule has 0 atom stereocenters. The predicted molar refractivity (Wildman–Crippen MR) is 89.1 cm³/mol. The molecular formula is C18H19FN2O3. The lowest BCUT2D eigenvalue weighted by molar-refractivity contribution is -0.133. The van der Waals surface area contributed by atoms with Crippen molar-refractivity contribution in [3.8, 4) is 5.75 Å². The Morgan fingerprint density at radius 3 is 2.50 bits per heavy atom. The molecule has 0 saturated heterocycles. The molecule has 0 spiro atoms. The highest BCUT2D eigenvalue weighted by atomic mass is 19.1. The maximum atomic E-state index is 12.9. The Hall–Kier alpha value is -2.89. The third-order valence-electron chi connectivity index (χ3n) is 3.42. The zero-order valence-electron chi connectivity index (χ0n) is 13.6. The highest BCUT2D eigenvalue weighted by Crippen LogP contribution is 2.16. The minimum atomic E-state index is -0.344. The van der Waals surface area contributed by atoms with E-state index in [0.717, 1.165) is 5.56 Å². The van der Waals surface area contributed by atoms with Crippen LogP contribution in [0, 0.1) is 5.82 Å². The molecule has 0 aliphatic heterocycles. The zero-order chi connectivity index (χ0) is 17.5. The van der Waals surface area contributed by atoms with Gasteiger partial charge in [-0.15, -0.1) is 0 Å². The molecule has 0 heterocycles. The van der Waals surface area contributed by atoms with E-state index in [1.54, 1.807) is 43.5 Å². The number of benzene rings is 2. The number of hydrogen-bond acceptors (Lipinski definition) is 3. The van der Waals surface area contributed by atoms with Gasteiger partial charge in [-0.2, -0.15) is 0 Å². The van der Waals surface area contributed by atoms with E-state index in [-0.39, 0.29) is 30.7 Å². The van der Waals surface area contributed by atoms with Crippen molar-refractivity contribution in [1.29, 1.82) is 0 Å². The van der Waals surface area contributed by atoms with Crippen LogP contribution in [0.2, 0.25) is 0 Å². The molecule has 2 amide bonds. The molecule has 0 fully saturated rings. The molecule has 6 heteroatoms. The van der Waals surface area contributed by atoms with Gasteiger partial charge in [0.15, 0.2) is 0 Å². The molecule has 5 nitrogen and oxygen atoms in total. The van der Waals surface area contributed by atoms with Crippen LogP contribution in [0.1, 0.15) is 12.5 Å². The van der Waals surface area contributed by atoms with Crippen molar-refractivity contribution in [2.45, 2.75) is 13.5 Å². The third-order valence-corrected chi connectivity index (χ3v) is 3.42. The number of halogens is 1. The molecular weight excluding hydrogens is 311 g/mol. The molecule has 0 radical (unpaired) electrons. The van der Waals surface area contributed by atoms with Crippen LogP contribution < -0.4 is 10.1 Å². The molecule has 0 aromatic heterocycles. The molecule has 126 valence electrons. The van der Waals surface area contributed by atoms with Crippen LogP contribution in [0.15, 0.2) is 48.5 Å². The van der Waals surface area contributed by atoms with Gasteiger partial charge in [-0.25, -0.2) is 4.39 Å². The van der Waals surface area contributed by atoms with Gasteiger partial charge < -0.3 is 15.0 Å². The van der Waals surface area contributed by atoms with E-state index in [1.807, 2.05) is 0 Å². The first-order chi connectivity index (χ1) is 11.5. The number of amides is 2. The standard InChI is InChI=1S/C18H19FN2O3/c1-13(22)21(11-14-6-8-15(19)9-7-14)12-18(23)20-16-4-3-5-17(10-16)24-2/h3-10H,11-12H2,1-2H3,(H,20,23). The molecule has 0 bridgehead atoms. The van der Waals surface area contributed by atoms with E-state index in [0.29, 0.717) is 11.4 Å². The molecule has 2 aromatic carbocycles. The maximum Gasteiger partial charge on any atom is 0.244 e. The molecule has 0 unspecified atom stereocenters. The molecule has 0 aliphatic rings. The molecule has 2 aromatic rings. The minimum Gasteiger partial charge on any atom is -0.497 e. The van der Waals surface area contributed by atoms with Crippen molar-refractivity contribution in [1.82, 2.24) is 4.90 Å². The summed E-state index contributed by atoms with van der Waals surface area (Å²) in [6, 6.07) is 12.8. The van der Waals surface area contributed by atoms with Gasteiger partial charge in [0.05, 0.1) is 7.11 Å². The van der Waals surface area contributed by atoms with Gasteiger partial charge >= 0.3 is 0 Å². The van der Waals surface area contributed by atoms with Crippen molar-refractivity contribution in [2.24, 2.45) is 0 Å². The Bertz CT molecular complexity index is 716. The molecule has 0 saturated carbocycles. The van der Waals surface area contributed by atoms with Crippen LogP contribution in [0.5, 0.6) is 5.75 Å². The van der Waals surface area contributed by atoms with E-state index < -0.39 is 0 Å². The highest BCUT2D eigenvalue weighted by molar-refractivity contribution is 5.94.